The summed E-state index contributed by atoms with van der Waals surface area (Å²) in [4.78, 5) is 13.0. The first-order chi connectivity index (χ1) is 12.5. The normalized spacial score (nSPS) is 11.8. The van der Waals surface area contributed by atoms with Crippen LogP contribution in [0.4, 0.5) is 5.69 Å². The topological polar surface area (TPSA) is 101 Å². The molecule has 142 valence electrons. The van der Waals surface area contributed by atoms with Crippen molar-refractivity contribution in [3.05, 3.63) is 48.3 Å². The lowest BCUT2D eigenvalue weighted by Crippen LogP contribution is -2.12. The molecule has 8 heteroatoms. The van der Waals surface area contributed by atoms with E-state index in [2.05, 4.69) is 24.1 Å². The Balaban J connectivity index is 0.000000765. The van der Waals surface area contributed by atoms with Crippen LogP contribution < -0.4 is 10.1 Å². The average Bonchev–Trinajstić information content (AvgIpc) is 2.64. The number of phenols is 1. The molecule has 26 heavy (non-hydrogen) atoms. The first-order valence-corrected chi connectivity index (χ1v) is 9.59. The van der Waals surface area contributed by atoms with Gasteiger partial charge in [0, 0.05) is 16.3 Å². The van der Waals surface area contributed by atoms with Gasteiger partial charge in [-0.3, -0.25) is 4.98 Å². The summed E-state index contributed by atoms with van der Waals surface area (Å²) in [7, 11) is -2.82. The van der Waals surface area contributed by atoms with Gasteiger partial charge in [-0.15, -0.1) is 4.89 Å². The molecule has 0 spiro atoms. The fourth-order valence-electron chi connectivity index (χ4n) is 1.83. The Morgan fingerprint density at radius 1 is 1.23 bits per heavy atom. The van der Waals surface area contributed by atoms with Gasteiger partial charge in [0.1, 0.15) is 0 Å². The molecule has 1 aromatic carbocycles. The van der Waals surface area contributed by atoms with Crippen LogP contribution in [0.2, 0.25) is 0 Å². The van der Waals surface area contributed by atoms with Crippen molar-refractivity contribution in [1.29, 1.82) is 0 Å². The molecule has 0 amide bonds. The van der Waals surface area contributed by atoms with Crippen molar-refractivity contribution in [2.24, 2.45) is 0 Å². The molecule has 2 unspecified atom stereocenters. The van der Waals surface area contributed by atoms with Crippen molar-refractivity contribution in [1.82, 2.24) is 4.98 Å². The van der Waals surface area contributed by atoms with Gasteiger partial charge in [0.25, 0.3) is 0 Å². The fraction of sp³-hybridized carbons (Fsp3) is 0.389. The zero-order chi connectivity index (χ0) is 19.4. The number of hydrogen-bond acceptors (Lipinski definition) is 6. The molecule has 2 atom stereocenters. The molecular weight excluding hydrogens is 355 g/mol. The Morgan fingerprint density at radius 2 is 1.96 bits per heavy atom. The molecule has 0 aliphatic carbocycles. The molecule has 0 aliphatic rings. The smallest absolute Gasteiger partial charge is 0.504 e. The van der Waals surface area contributed by atoms with Gasteiger partial charge in [-0.2, -0.15) is 0 Å². The van der Waals surface area contributed by atoms with E-state index in [9.17, 15) is 9.67 Å². The number of phenolic OH excluding ortho intramolecular Hbond substituents is 1. The highest BCUT2D eigenvalue weighted by molar-refractivity contribution is 7.32. The summed E-state index contributed by atoms with van der Waals surface area (Å²) >= 11 is 0. The number of pyridine rings is 1. The lowest BCUT2D eigenvalue weighted by molar-refractivity contribution is 0.215. The van der Waals surface area contributed by atoms with Gasteiger partial charge in [0.15, 0.2) is 11.5 Å². The standard InChI is InChI=1S/C14H15N2O5P.C4H10/c1-2-20-13-8-10(5-6-12(13)17)14(21-22(18)19)16-11-4-3-7-15-9-11;1-3-4-2/h3-9,14,16H,2H2,1H3,(H-,17,18,19);3-4H2,1-2H3/p+1. The van der Waals surface area contributed by atoms with Crippen LogP contribution in [0.15, 0.2) is 42.7 Å². The summed E-state index contributed by atoms with van der Waals surface area (Å²) in [6, 6.07) is 8.03. The number of anilines is 1. The third kappa shape index (κ3) is 7.78. The van der Waals surface area contributed by atoms with Crippen molar-refractivity contribution in [2.45, 2.75) is 39.8 Å². The van der Waals surface area contributed by atoms with Gasteiger partial charge >= 0.3 is 8.25 Å². The number of unbranched alkanes of at least 4 members (excludes halogenated alkanes) is 1. The molecule has 0 aliphatic heterocycles. The van der Waals surface area contributed by atoms with E-state index in [1.807, 2.05) is 0 Å². The quantitative estimate of drug-likeness (QED) is 0.447. The van der Waals surface area contributed by atoms with E-state index in [4.69, 9.17) is 14.2 Å². The third-order valence-corrected chi connectivity index (χ3v) is 3.63. The molecule has 0 saturated carbocycles. The van der Waals surface area contributed by atoms with Crippen molar-refractivity contribution in [3.8, 4) is 11.5 Å². The Kier molecular flexibility index (Phi) is 10.2. The van der Waals surface area contributed by atoms with Crippen LogP contribution in [0, 0.1) is 0 Å². The molecule has 1 heterocycles. The largest absolute Gasteiger partial charge is 0.697 e. The molecule has 2 aromatic rings. The zero-order valence-corrected chi connectivity index (χ0v) is 16.1. The van der Waals surface area contributed by atoms with Crippen molar-refractivity contribution >= 4 is 13.9 Å². The lowest BCUT2D eigenvalue weighted by Gasteiger charge is -2.15. The Morgan fingerprint density at radius 3 is 2.50 bits per heavy atom. The van der Waals surface area contributed by atoms with Gasteiger partial charge in [-0.05, 0) is 31.2 Å². The number of aromatic hydroxyl groups is 1. The fourth-order valence-corrected chi connectivity index (χ4v) is 2.18. The Hall–Kier alpha value is -2.21. The maximum atomic E-state index is 11.0. The molecular formula is C18H26N2O5P+. The Labute approximate surface area is 155 Å². The molecule has 0 saturated heterocycles. The van der Waals surface area contributed by atoms with Crippen LogP contribution in [0.5, 0.6) is 11.5 Å². The summed E-state index contributed by atoms with van der Waals surface area (Å²) < 4.78 is 21.3. The second kappa shape index (κ2) is 12.2. The minimum Gasteiger partial charge on any atom is -0.504 e. The number of aromatic nitrogens is 1. The van der Waals surface area contributed by atoms with Gasteiger partial charge in [-0.1, -0.05) is 37.3 Å². The summed E-state index contributed by atoms with van der Waals surface area (Å²) in [5, 5.41) is 12.7. The van der Waals surface area contributed by atoms with Crippen molar-refractivity contribution in [3.63, 3.8) is 0 Å². The number of nitrogens with one attached hydrogen (secondary N) is 1. The number of benzene rings is 1. The van der Waals surface area contributed by atoms with Crippen molar-refractivity contribution < 1.29 is 23.8 Å². The summed E-state index contributed by atoms with van der Waals surface area (Å²) in [6.45, 7) is 6.53. The molecule has 3 N–H and O–H groups in total. The highest BCUT2D eigenvalue weighted by atomic mass is 31.1. The maximum absolute atomic E-state index is 11.0. The number of rotatable bonds is 8. The van der Waals surface area contributed by atoms with Crippen LogP contribution in [0.1, 0.15) is 45.4 Å². The van der Waals surface area contributed by atoms with Gasteiger partial charge in [0.2, 0.25) is 6.23 Å². The number of hydrogen-bond donors (Lipinski definition) is 3. The first kappa shape index (κ1) is 21.8. The highest BCUT2D eigenvalue weighted by Crippen LogP contribution is 2.34. The van der Waals surface area contributed by atoms with Gasteiger partial charge in [-0.25, -0.2) is 0 Å². The summed E-state index contributed by atoms with van der Waals surface area (Å²) in [5.74, 6) is 0.258. The van der Waals surface area contributed by atoms with Crippen molar-refractivity contribution in [2.75, 3.05) is 11.9 Å². The second-order valence-electron chi connectivity index (χ2n) is 5.27. The van der Waals surface area contributed by atoms with E-state index in [0.717, 1.165) is 0 Å². The van der Waals surface area contributed by atoms with Crippen LogP contribution >= 0.6 is 8.25 Å². The van der Waals surface area contributed by atoms with Crippen LogP contribution in [0.3, 0.4) is 0 Å². The van der Waals surface area contributed by atoms with Gasteiger partial charge in [0.05, 0.1) is 18.5 Å². The maximum Gasteiger partial charge on any atom is 0.697 e. The number of nitrogens with zero attached hydrogens (tertiary/aromatic N) is 1. The van der Waals surface area contributed by atoms with Gasteiger partial charge < -0.3 is 15.2 Å². The highest BCUT2D eigenvalue weighted by Gasteiger charge is 2.25. The second-order valence-corrected chi connectivity index (χ2v) is 5.96. The van der Waals surface area contributed by atoms with Crippen LogP contribution in [0.25, 0.3) is 0 Å². The van der Waals surface area contributed by atoms with E-state index in [0.29, 0.717) is 17.9 Å². The summed E-state index contributed by atoms with van der Waals surface area (Å²) in [6.07, 6.45) is 4.92. The minimum absolute atomic E-state index is 0.0147. The molecule has 1 aromatic heterocycles. The SMILES string of the molecule is CCCC.CCOc1cc(C(Nc2cccnc2)O[P+](=O)O)ccc1O. The summed E-state index contributed by atoms with van der Waals surface area (Å²) in [5.41, 5.74) is 1.15. The zero-order valence-electron chi connectivity index (χ0n) is 15.3. The van der Waals surface area contributed by atoms with Crippen LogP contribution in [-0.2, 0) is 9.09 Å². The van der Waals surface area contributed by atoms with E-state index >= 15 is 0 Å². The predicted octanol–water partition coefficient (Wildman–Crippen LogP) is 4.77. The molecule has 2 rings (SSSR count). The van der Waals surface area contributed by atoms with Crippen LogP contribution in [-0.4, -0.2) is 21.6 Å². The molecule has 0 bridgehead atoms. The third-order valence-electron chi connectivity index (χ3n) is 3.24. The molecule has 7 nitrogen and oxygen atoms in total. The molecule has 0 radical (unpaired) electrons. The van der Waals surface area contributed by atoms with E-state index in [1.165, 1.54) is 18.9 Å². The minimum atomic E-state index is -2.82. The van der Waals surface area contributed by atoms with E-state index in [-0.39, 0.29) is 11.5 Å². The predicted molar refractivity (Wildman–Crippen MR) is 101 cm³/mol. The molecule has 0 fully saturated rings. The number of ether oxygens (including phenoxy) is 1. The first-order valence-electron chi connectivity index (χ1n) is 8.46. The van der Waals surface area contributed by atoms with E-state index < -0.39 is 14.5 Å². The monoisotopic (exact) mass is 381 g/mol. The lowest BCUT2D eigenvalue weighted by atomic mass is 10.1. The Bertz CT molecular complexity index is 668. The average molecular weight is 381 g/mol. The van der Waals surface area contributed by atoms with E-state index in [1.54, 1.807) is 43.6 Å².